The van der Waals surface area contributed by atoms with E-state index in [1.807, 2.05) is 6.08 Å². The number of nitrogens with one attached hydrogen (secondary N) is 1. The lowest BCUT2D eigenvalue weighted by atomic mass is 10.0. The van der Waals surface area contributed by atoms with Crippen LogP contribution in [0.15, 0.2) is 109 Å². The highest BCUT2D eigenvalue weighted by molar-refractivity contribution is 5.77. The van der Waals surface area contributed by atoms with E-state index in [1.54, 1.807) is 0 Å². The summed E-state index contributed by atoms with van der Waals surface area (Å²) < 4.78 is 5.90. The van der Waals surface area contributed by atoms with Crippen molar-refractivity contribution in [3.05, 3.63) is 109 Å². The third-order valence-corrected chi connectivity index (χ3v) is 12.7. The number of ether oxygens (including phenoxy) is 1. The van der Waals surface area contributed by atoms with Crippen LogP contribution in [0.25, 0.3) is 0 Å². The summed E-state index contributed by atoms with van der Waals surface area (Å²) >= 11 is 0. The zero-order valence-corrected chi connectivity index (χ0v) is 45.6. The van der Waals surface area contributed by atoms with E-state index in [1.165, 1.54) is 116 Å². The Hall–Kier alpha value is -3.48. The Kier molecular flexibility index (Phi) is 53.6. The molecule has 0 aliphatic rings. The molecule has 1 amide bonds. The van der Waals surface area contributed by atoms with Gasteiger partial charge in [-0.25, -0.2) is 0 Å². The molecule has 3 N–H and O–H groups in total. The maximum atomic E-state index is 13.3. The van der Waals surface area contributed by atoms with Crippen LogP contribution in [0, 0.1) is 0 Å². The average Bonchev–Trinajstić information content (AvgIpc) is 3.35. The van der Waals surface area contributed by atoms with Gasteiger partial charge in [0.1, 0.15) is 6.10 Å². The van der Waals surface area contributed by atoms with Crippen molar-refractivity contribution >= 4 is 11.9 Å². The largest absolute Gasteiger partial charge is 0.462 e. The van der Waals surface area contributed by atoms with E-state index in [9.17, 15) is 19.8 Å². The standard InChI is InChI=1S/C64H109NO5/c1-4-7-10-13-16-19-22-25-28-31-32-33-36-39-42-45-48-51-54-57-64(69)70-60(55-52-49-46-43-40-37-34-29-26-23-20-17-14-11-8-5-2)58-63(68)65-61(59-66)62(67)56-53-50-47-44-41-38-35-30-27-24-21-18-15-12-9-6-3/h7,10,16,19,23,25-26,28-29,32-34,37,39-40,42,48,51,60-62,66-67H,4-6,8-9,11-15,17-18,20-22,24,27,30-31,35-36,38,41,43-47,49-50,52-59H2,1-3H3,(H,65,68)/b10-7-,19-16-,26-23+,28-25-,33-32-,34-29+,40-37+,42-39-,51-48-. The van der Waals surface area contributed by atoms with Crippen LogP contribution in [0.4, 0.5) is 0 Å². The van der Waals surface area contributed by atoms with Gasteiger partial charge in [-0.3, -0.25) is 9.59 Å². The maximum absolute atomic E-state index is 13.3. The summed E-state index contributed by atoms with van der Waals surface area (Å²) in [7, 11) is 0. The van der Waals surface area contributed by atoms with E-state index in [0.717, 1.165) is 89.9 Å². The molecule has 3 atom stereocenters. The van der Waals surface area contributed by atoms with Crippen molar-refractivity contribution in [2.24, 2.45) is 0 Å². The highest BCUT2D eigenvalue weighted by atomic mass is 16.5. The number of hydrogen-bond acceptors (Lipinski definition) is 5. The van der Waals surface area contributed by atoms with Gasteiger partial charge >= 0.3 is 5.97 Å². The Balaban J connectivity index is 4.75. The molecule has 6 nitrogen and oxygen atoms in total. The summed E-state index contributed by atoms with van der Waals surface area (Å²) in [6.07, 6.45) is 77.3. The number of allylic oxidation sites excluding steroid dienone is 18. The topological polar surface area (TPSA) is 95.9 Å². The summed E-state index contributed by atoms with van der Waals surface area (Å²) in [5, 5.41) is 23.9. The molecule has 0 saturated carbocycles. The fraction of sp³-hybridized carbons (Fsp3) is 0.688. The first kappa shape index (κ1) is 66.5. The molecule has 6 heteroatoms. The van der Waals surface area contributed by atoms with Gasteiger partial charge in [0.2, 0.25) is 5.91 Å². The molecule has 400 valence electrons. The molecule has 0 aromatic rings. The van der Waals surface area contributed by atoms with E-state index in [4.69, 9.17) is 4.74 Å². The summed E-state index contributed by atoms with van der Waals surface area (Å²) in [6.45, 7) is 6.34. The minimum atomic E-state index is -0.817. The molecule has 3 unspecified atom stereocenters. The van der Waals surface area contributed by atoms with Gasteiger partial charge in [-0.2, -0.15) is 0 Å². The smallest absolute Gasteiger partial charge is 0.306 e. The number of esters is 1. The predicted molar refractivity (Wildman–Crippen MR) is 305 cm³/mol. The van der Waals surface area contributed by atoms with Crippen LogP contribution in [-0.2, 0) is 14.3 Å². The summed E-state index contributed by atoms with van der Waals surface area (Å²) in [5.74, 6) is -0.611. The Morgan fingerprint density at radius 3 is 1.27 bits per heavy atom. The van der Waals surface area contributed by atoms with Gasteiger partial charge < -0.3 is 20.3 Å². The Bertz CT molecular complexity index is 1420. The Morgan fingerprint density at radius 2 is 0.829 bits per heavy atom. The molecule has 70 heavy (non-hydrogen) atoms. The van der Waals surface area contributed by atoms with Crippen molar-refractivity contribution < 1.29 is 24.5 Å². The lowest BCUT2D eigenvalue weighted by Gasteiger charge is -2.24. The number of aliphatic hydroxyl groups excluding tert-OH is 2. The minimum Gasteiger partial charge on any atom is -0.462 e. The number of aliphatic hydroxyl groups is 2. The van der Waals surface area contributed by atoms with Crippen molar-refractivity contribution in [1.82, 2.24) is 5.32 Å². The van der Waals surface area contributed by atoms with Crippen molar-refractivity contribution in [2.45, 2.75) is 277 Å². The molecule has 0 radical (unpaired) electrons. The van der Waals surface area contributed by atoms with Crippen molar-refractivity contribution in [3.8, 4) is 0 Å². The molecule has 0 heterocycles. The molecule has 0 aliphatic heterocycles. The fourth-order valence-corrected chi connectivity index (χ4v) is 8.28. The number of unbranched alkanes of at least 4 members (excludes halogenated alkanes) is 23. The molecular weight excluding hydrogens is 863 g/mol. The fourth-order valence-electron chi connectivity index (χ4n) is 8.28. The second kappa shape index (κ2) is 56.4. The van der Waals surface area contributed by atoms with Crippen LogP contribution in [0.2, 0.25) is 0 Å². The van der Waals surface area contributed by atoms with Crippen LogP contribution in [0.3, 0.4) is 0 Å². The van der Waals surface area contributed by atoms with E-state index in [2.05, 4.69) is 129 Å². The van der Waals surface area contributed by atoms with E-state index in [0.29, 0.717) is 19.3 Å². The molecular formula is C64H109NO5. The average molecular weight is 973 g/mol. The van der Waals surface area contributed by atoms with Crippen LogP contribution >= 0.6 is 0 Å². The molecule has 0 aromatic heterocycles. The van der Waals surface area contributed by atoms with Gasteiger partial charge in [-0.1, -0.05) is 265 Å². The summed E-state index contributed by atoms with van der Waals surface area (Å²) in [4.78, 5) is 26.3. The number of rotatable bonds is 51. The summed E-state index contributed by atoms with van der Waals surface area (Å²) in [6, 6.07) is -0.736. The second-order valence-electron chi connectivity index (χ2n) is 19.4. The first-order chi connectivity index (χ1) is 34.5. The van der Waals surface area contributed by atoms with Crippen LogP contribution in [-0.4, -0.2) is 46.9 Å². The molecule has 0 aromatic carbocycles. The summed E-state index contributed by atoms with van der Waals surface area (Å²) in [5.41, 5.74) is 0. The molecule has 0 aliphatic carbocycles. The van der Waals surface area contributed by atoms with Gasteiger partial charge in [-0.05, 0) is 89.9 Å². The van der Waals surface area contributed by atoms with Gasteiger partial charge in [-0.15, -0.1) is 0 Å². The zero-order chi connectivity index (χ0) is 50.9. The minimum absolute atomic E-state index is 0.0187. The molecule has 0 spiro atoms. The van der Waals surface area contributed by atoms with E-state index in [-0.39, 0.29) is 31.3 Å². The molecule has 0 saturated heterocycles. The number of hydrogen-bond donors (Lipinski definition) is 3. The lowest BCUT2D eigenvalue weighted by Crippen LogP contribution is -2.46. The Morgan fingerprint density at radius 1 is 0.443 bits per heavy atom. The van der Waals surface area contributed by atoms with Gasteiger partial charge in [0.25, 0.3) is 0 Å². The monoisotopic (exact) mass is 972 g/mol. The van der Waals surface area contributed by atoms with Crippen molar-refractivity contribution in [3.63, 3.8) is 0 Å². The van der Waals surface area contributed by atoms with Crippen LogP contribution < -0.4 is 5.32 Å². The quantitative estimate of drug-likeness (QED) is 0.0244. The molecule has 0 bridgehead atoms. The number of amides is 1. The first-order valence-electron chi connectivity index (χ1n) is 29.1. The van der Waals surface area contributed by atoms with Gasteiger partial charge in [0.15, 0.2) is 0 Å². The van der Waals surface area contributed by atoms with Crippen LogP contribution in [0.1, 0.15) is 258 Å². The van der Waals surface area contributed by atoms with Crippen LogP contribution in [0.5, 0.6) is 0 Å². The number of carbonyl (C=O) groups excluding carboxylic acids is 2. The zero-order valence-electron chi connectivity index (χ0n) is 45.6. The molecule has 0 fully saturated rings. The predicted octanol–water partition coefficient (Wildman–Crippen LogP) is 18.2. The van der Waals surface area contributed by atoms with Crippen molar-refractivity contribution in [1.29, 1.82) is 0 Å². The van der Waals surface area contributed by atoms with Gasteiger partial charge in [0, 0.05) is 6.42 Å². The second-order valence-corrected chi connectivity index (χ2v) is 19.4. The van der Waals surface area contributed by atoms with Crippen molar-refractivity contribution in [2.75, 3.05) is 6.61 Å². The first-order valence-corrected chi connectivity index (χ1v) is 29.1. The highest BCUT2D eigenvalue weighted by Gasteiger charge is 2.24. The third kappa shape index (κ3) is 50.9. The van der Waals surface area contributed by atoms with E-state index < -0.39 is 18.2 Å². The molecule has 0 rings (SSSR count). The highest BCUT2D eigenvalue weighted by Crippen LogP contribution is 2.17. The SMILES string of the molecule is CC/C=C\C/C=C\C/C=C\C/C=C\C/C=C\C/C=C\CCC(=O)OC(CCCCC/C=C/C=C/C=C/CCCCCCC)CC(=O)NC(CO)C(O)CCCCCCCCCCCCCCCCCC. The van der Waals surface area contributed by atoms with Gasteiger partial charge in [0.05, 0.1) is 25.2 Å². The normalized spacial score (nSPS) is 14.0. The third-order valence-electron chi connectivity index (χ3n) is 12.7. The Labute approximate surface area is 432 Å². The lowest BCUT2D eigenvalue weighted by molar-refractivity contribution is -0.150. The maximum Gasteiger partial charge on any atom is 0.306 e. The van der Waals surface area contributed by atoms with E-state index >= 15 is 0 Å². The number of carbonyl (C=O) groups is 2.